The summed E-state index contributed by atoms with van der Waals surface area (Å²) in [7, 11) is 0. The van der Waals surface area contributed by atoms with Crippen LogP contribution in [0.15, 0.2) is 58.0 Å². The van der Waals surface area contributed by atoms with Crippen molar-refractivity contribution >= 4 is 16.9 Å². The van der Waals surface area contributed by atoms with Crippen LogP contribution >= 0.6 is 0 Å². The van der Waals surface area contributed by atoms with Gasteiger partial charge in [-0.3, -0.25) is 9.78 Å². The maximum Gasteiger partial charge on any atom is 0.336 e. The van der Waals surface area contributed by atoms with E-state index in [1.807, 2.05) is 32.0 Å². The minimum atomic E-state index is -0.666. The Bertz CT molecular complexity index is 1010. The van der Waals surface area contributed by atoms with Crippen molar-refractivity contribution in [3.05, 3.63) is 70.3 Å². The summed E-state index contributed by atoms with van der Waals surface area (Å²) in [6, 6.07) is 10.6. The Morgan fingerprint density at radius 3 is 2.61 bits per heavy atom. The second-order valence-corrected chi connectivity index (χ2v) is 6.57. The summed E-state index contributed by atoms with van der Waals surface area (Å²) in [5, 5.41) is 0.876. The number of benzene rings is 1. The molecule has 0 aliphatic rings. The van der Waals surface area contributed by atoms with Crippen molar-refractivity contribution in [2.24, 2.45) is 0 Å². The molecule has 0 radical (unpaired) electrons. The first-order chi connectivity index (χ1) is 13.5. The number of hydrogen-bond donors (Lipinski definition) is 0. The van der Waals surface area contributed by atoms with Gasteiger partial charge in [0.2, 0.25) is 0 Å². The molecular weight excluding hydrogens is 356 g/mol. The molecule has 0 aliphatic carbocycles. The molecule has 0 saturated heterocycles. The molecule has 2 heterocycles. The van der Waals surface area contributed by atoms with Crippen molar-refractivity contribution in [3.8, 4) is 5.75 Å². The topological polar surface area (TPSA) is 72.6 Å². The van der Waals surface area contributed by atoms with Crippen LogP contribution in [0.2, 0.25) is 0 Å². The average Bonchev–Trinajstić information content (AvgIpc) is 2.71. The number of nitrogens with zero attached hydrogens (tertiary/aromatic N) is 2. The number of likely N-dealkylation sites (N-methyl/N-ethyl adjacent to an activating group) is 1. The molecule has 3 aromatic rings. The molecule has 0 spiro atoms. The molecule has 2 aromatic heterocycles. The van der Waals surface area contributed by atoms with Crippen molar-refractivity contribution in [2.45, 2.75) is 39.8 Å². The number of ether oxygens (including phenoxy) is 1. The van der Waals surface area contributed by atoms with Crippen molar-refractivity contribution in [1.29, 1.82) is 0 Å². The van der Waals surface area contributed by atoms with Crippen LogP contribution in [0.25, 0.3) is 11.0 Å². The number of aromatic nitrogens is 1. The largest absolute Gasteiger partial charge is 0.481 e. The summed E-state index contributed by atoms with van der Waals surface area (Å²) in [5.74, 6) is 0.382. The summed E-state index contributed by atoms with van der Waals surface area (Å²) in [6.07, 6.45) is 3.49. The molecule has 0 N–H and O–H groups in total. The average molecular weight is 380 g/mol. The second kappa shape index (κ2) is 8.69. The Labute approximate surface area is 163 Å². The van der Waals surface area contributed by atoms with E-state index in [-0.39, 0.29) is 11.5 Å². The van der Waals surface area contributed by atoms with Gasteiger partial charge in [-0.1, -0.05) is 6.92 Å². The molecule has 0 saturated carbocycles. The van der Waals surface area contributed by atoms with Crippen LogP contribution in [0.5, 0.6) is 5.75 Å². The van der Waals surface area contributed by atoms with Gasteiger partial charge in [-0.25, -0.2) is 4.79 Å². The Hall–Kier alpha value is -3.15. The fraction of sp³-hybridized carbons (Fsp3) is 0.318. The van der Waals surface area contributed by atoms with Crippen molar-refractivity contribution in [3.63, 3.8) is 0 Å². The van der Waals surface area contributed by atoms with Crippen LogP contribution in [-0.4, -0.2) is 28.4 Å². The van der Waals surface area contributed by atoms with Gasteiger partial charge >= 0.3 is 5.63 Å². The number of amides is 1. The first-order valence-electron chi connectivity index (χ1n) is 9.43. The number of fused-ring (bicyclic) bond motifs is 1. The molecular formula is C22H24N2O4. The Kier molecular flexibility index (Phi) is 6.09. The summed E-state index contributed by atoms with van der Waals surface area (Å²) < 4.78 is 11.2. The lowest BCUT2D eigenvalue weighted by Crippen LogP contribution is -2.39. The lowest BCUT2D eigenvalue weighted by Gasteiger charge is -2.25. The highest BCUT2D eigenvalue weighted by molar-refractivity contribution is 5.83. The number of rotatable bonds is 7. The van der Waals surface area contributed by atoms with E-state index in [1.165, 1.54) is 6.07 Å². The van der Waals surface area contributed by atoms with E-state index in [1.54, 1.807) is 36.4 Å². The Morgan fingerprint density at radius 1 is 1.18 bits per heavy atom. The summed E-state index contributed by atoms with van der Waals surface area (Å²) in [5.41, 5.74) is 2.01. The monoisotopic (exact) mass is 380 g/mol. The van der Waals surface area contributed by atoms with Gasteiger partial charge in [0.05, 0.1) is 0 Å². The van der Waals surface area contributed by atoms with Crippen LogP contribution in [0.3, 0.4) is 0 Å². The van der Waals surface area contributed by atoms with Crippen LogP contribution in [0.4, 0.5) is 0 Å². The van der Waals surface area contributed by atoms with E-state index in [0.717, 1.165) is 22.9 Å². The minimum Gasteiger partial charge on any atom is -0.481 e. The SMILES string of the molecule is CCc1cc(=O)oc2cc(OC(C)C(=O)N(CC)Cc3ccncc3)ccc12. The fourth-order valence-electron chi connectivity index (χ4n) is 3.14. The number of aryl methyl sites for hydroxylation is 1. The van der Waals surface area contributed by atoms with Gasteiger partial charge in [0.15, 0.2) is 6.10 Å². The molecule has 1 aromatic carbocycles. The summed E-state index contributed by atoms with van der Waals surface area (Å²) in [4.78, 5) is 30.3. The van der Waals surface area contributed by atoms with Gasteiger partial charge in [0, 0.05) is 43.0 Å². The maximum atomic E-state index is 12.8. The molecule has 6 nitrogen and oxygen atoms in total. The van der Waals surface area contributed by atoms with Crippen LogP contribution in [0, 0.1) is 0 Å². The molecule has 3 rings (SSSR count). The van der Waals surface area contributed by atoms with E-state index in [0.29, 0.717) is 24.4 Å². The highest BCUT2D eigenvalue weighted by Crippen LogP contribution is 2.24. The number of carbonyl (C=O) groups excluding carboxylic acids is 1. The zero-order chi connectivity index (χ0) is 20.1. The van der Waals surface area contributed by atoms with E-state index >= 15 is 0 Å². The molecule has 146 valence electrons. The van der Waals surface area contributed by atoms with E-state index in [2.05, 4.69) is 4.98 Å². The minimum absolute atomic E-state index is 0.108. The van der Waals surface area contributed by atoms with Crippen LogP contribution in [-0.2, 0) is 17.8 Å². The fourth-order valence-corrected chi connectivity index (χ4v) is 3.14. The van der Waals surface area contributed by atoms with E-state index in [9.17, 15) is 9.59 Å². The lowest BCUT2D eigenvalue weighted by molar-refractivity contribution is -0.138. The predicted octanol–water partition coefficient (Wildman–Crippen LogP) is 3.57. The Balaban J connectivity index is 1.76. The molecule has 28 heavy (non-hydrogen) atoms. The second-order valence-electron chi connectivity index (χ2n) is 6.57. The van der Waals surface area contributed by atoms with E-state index in [4.69, 9.17) is 9.15 Å². The standard InChI is InChI=1S/C22H24N2O4/c1-4-17-12-21(25)28-20-13-18(6-7-19(17)20)27-15(3)22(26)24(5-2)14-16-8-10-23-11-9-16/h6-13,15H,4-5,14H2,1-3H3. The first kappa shape index (κ1) is 19.6. The number of hydrogen-bond acceptors (Lipinski definition) is 5. The highest BCUT2D eigenvalue weighted by atomic mass is 16.5. The number of carbonyl (C=O) groups is 1. The molecule has 1 unspecified atom stereocenters. The molecule has 0 bridgehead atoms. The molecule has 0 fully saturated rings. The number of pyridine rings is 1. The highest BCUT2D eigenvalue weighted by Gasteiger charge is 2.21. The molecule has 0 aliphatic heterocycles. The zero-order valence-corrected chi connectivity index (χ0v) is 16.3. The van der Waals surface area contributed by atoms with Gasteiger partial charge < -0.3 is 14.1 Å². The van der Waals surface area contributed by atoms with Crippen molar-refractivity contribution in [2.75, 3.05) is 6.54 Å². The quantitative estimate of drug-likeness (QED) is 0.586. The van der Waals surface area contributed by atoms with Crippen molar-refractivity contribution < 1.29 is 13.9 Å². The maximum absolute atomic E-state index is 12.8. The smallest absolute Gasteiger partial charge is 0.336 e. The lowest BCUT2D eigenvalue weighted by atomic mass is 10.1. The third-order valence-electron chi connectivity index (χ3n) is 4.66. The summed E-state index contributed by atoms with van der Waals surface area (Å²) >= 11 is 0. The summed E-state index contributed by atoms with van der Waals surface area (Å²) in [6.45, 7) is 6.71. The van der Waals surface area contributed by atoms with Crippen LogP contribution < -0.4 is 10.4 Å². The first-order valence-corrected chi connectivity index (χ1v) is 9.43. The van der Waals surface area contributed by atoms with Crippen LogP contribution in [0.1, 0.15) is 31.9 Å². The third-order valence-corrected chi connectivity index (χ3v) is 4.66. The molecule has 1 atom stereocenters. The van der Waals surface area contributed by atoms with Gasteiger partial charge in [0.25, 0.3) is 5.91 Å². The predicted molar refractivity (Wildman–Crippen MR) is 107 cm³/mol. The van der Waals surface area contributed by atoms with Gasteiger partial charge in [0.1, 0.15) is 11.3 Å². The van der Waals surface area contributed by atoms with Crippen molar-refractivity contribution in [1.82, 2.24) is 9.88 Å². The third kappa shape index (κ3) is 4.39. The van der Waals surface area contributed by atoms with Gasteiger partial charge in [-0.15, -0.1) is 0 Å². The van der Waals surface area contributed by atoms with Gasteiger partial charge in [-0.2, -0.15) is 0 Å². The molecule has 6 heteroatoms. The zero-order valence-electron chi connectivity index (χ0n) is 16.3. The normalized spacial score (nSPS) is 12.0. The van der Waals surface area contributed by atoms with Gasteiger partial charge in [-0.05, 0) is 55.7 Å². The Morgan fingerprint density at radius 2 is 1.93 bits per heavy atom. The van der Waals surface area contributed by atoms with E-state index < -0.39 is 6.10 Å². The molecule has 1 amide bonds.